The molecule has 0 saturated heterocycles. The molecule has 21 heavy (non-hydrogen) atoms. The summed E-state index contributed by atoms with van der Waals surface area (Å²) >= 11 is 0. The monoisotopic (exact) mass is 279 g/mol. The maximum absolute atomic E-state index is 9.25. The molecule has 3 aromatic rings. The lowest BCUT2D eigenvalue weighted by atomic mass is 10.2. The van der Waals surface area contributed by atoms with Crippen LogP contribution in [-0.4, -0.2) is 24.5 Å². The van der Waals surface area contributed by atoms with Gasteiger partial charge in [0.1, 0.15) is 18.0 Å². The fourth-order valence-corrected chi connectivity index (χ4v) is 2.17. The minimum atomic E-state index is 0.492. The number of aryl methyl sites for hydroxylation is 2. The van der Waals surface area contributed by atoms with Crippen molar-refractivity contribution in [2.45, 2.75) is 6.92 Å². The Morgan fingerprint density at radius 1 is 1.19 bits per heavy atom. The van der Waals surface area contributed by atoms with Gasteiger partial charge in [-0.15, -0.1) is 5.10 Å². The van der Waals surface area contributed by atoms with Crippen LogP contribution in [0.4, 0.5) is 5.69 Å². The first kappa shape index (κ1) is 12.9. The van der Waals surface area contributed by atoms with Crippen LogP contribution in [0.3, 0.4) is 0 Å². The van der Waals surface area contributed by atoms with Gasteiger partial charge in [-0.05, 0) is 31.2 Å². The highest BCUT2D eigenvalue weighted by Gasteiger charge is 2.16. The van der Waals surface area contributed by atoms with Gasteiger partial charge < -0.3 is 5.73 Å². The number of nitrogen functional groups attached to an aromatic ring is 1. The standard InChI is InChI=1S/C14H13N7/c1-9-12(7-15)14(20(2)18-9)21-8-17-13(19-21)10-3-5-11(16)6-4-10/h3-6,8H,16H2,1-2H3. The van der Waals surface area contributed by atoms with Crippen LogP contribution < -0.4 is 5.73 Å². The van der Waals surface area contributed by atoms with Gasteiger partial charge >= 0.3 is 0 Å². The van der Waals surface area contributed by atoms with Crippen molar-refractivity contribution in [1.29, 1.82) is 5.26 Å². The molecule has 0 bridgehead atoms. The molecule has 0 aliphatic rings. The largest absolute Gasteiger partial charge is 0.399 e. The molecule has 0 saturated carbocycles. The average molecular weight is 279 g/mol. The van der Waals surface area contributed by atoms with Crippen LogP contribution in [-0.2, 0) is 7.05 Å². The van der Waals surface area contributed by atoms with Crippen LogP contribution in [0.2, 0.25) is 0 Å². The van der Waals surface area contributed by atoms with E-state index in [1.807, 2.05) is 12.1 Å². The summed E-state index contributed by atoms with van der Waals surface area (Å²) in [5.41, 5.74) is 8.37. The minimum absolute atomic E-state index is 0.492. The van der Waals surface area contributed by atoms with Crippen molar-refractivity contribution in [2.75, 3.05) is 5.73 Å². The van der Waals surface area contributed by atoms with Crippen LogP contribution in [0.15, 0.2) is 30.6 Å². The number of benzene rings is 1. The molecule has 0 aliphatic heterocycles. The quantitative estimate of drug-likeness (QED) is 0.715. The lowest BCUT2D eigenvalue weighted by molar-refractivity contribution is 0.693. The fraction of sp³-hybridized carbons (Fsp3) is 0.143. The molecule has 0 amide bonds. The first-order valence-electron chi connectivity index (χ1n) is 6.32. The van der Waals surface area contributed by atoms with Gasteiger partial charge in [-0.2, -0.15) is 10.4 Å². The third-order valence-corrected chi connectivity index (χ3v) is 3.18. The van der Waals surface area contributed by atoms with Crippen LogP contribution in [0.25, 0.3) is 17.2 Å². The Balaban J connectivity index is 2.07. The van der Waals surface area contributed by atoms with E-state index in [0.29, 0.717) is 28.6 Å². The number of nitrogens with two attached hydrogens (primary N) is 1. The predicted octanol–water partition coefficient (Wildman–Crippen LogP) is 1.43. The van der Waals surface area contributed by atoms with Crippen LogP contribution in [0.5, 0.6) is 0 Å². The molecule has 0 unspecified atom stereocenters. The summed E-state index contributed by atoms with van der Waals surface area (Å²) in [5, 5.41) is 17.9. The van der Waals surface area contributed by atoms with Gasteiger partial charge in [-0.1, -0.05) is 0 Å². The van der Waals surface area contributed by atoms with Crippen LogP contribution in [0, 0.1) is 18.3 Å². The van der Waals surface area contributed by atoms with E-state index in [4.69, 9.17) is 5.73 Å². The second kappa shape index (κ2) is 4.76. The average Bonchev–Trinajstić information content (AvgIpc) is 3.03. The summed E-state index contributed by atoms with van der Waals surface area (Å²) in [5.74, 6) is 1.17. The summed E-state index contributed by atoms with van der Waals surface area (Å²) in [6, 6.07) is 9.46. The van der Waals surface area contributed by atoms with E-state index in [0.717, 1.165) is 5.56 Å². The molecule has 2 heterocycles. The summed E-state index contributed by atoms with van der Waals surface area (Å²) in [7, 11) is 1.77. The Morgan fingerprint density at radius 3 is 2.57 bits per heavy atom. The molecule has 0 radical (unpaired) electrons. The van der Waals surface area contributed by atoms with Gasteiger partial charge in [0.25, 0.3) is 0 Å². The maximum atomic E-state index is 9.25. The van der Waals surface area contributed by atoms with E-state index >= 15 is 0 Å². The first-order chi connectivity index (χ1) is 10.1. The van der Waals surface area contributed by atoms with Gasteiger partial charge in [-0.3, -0.25) is 0 Å². The van der Waals surface area contributed by atoms with Crippen molar-refractivity contribution in [3.8, 4) is 23.3 Å². The number of hydrogen-bond donors (Lipinski definition) is 1. The number of hydrogen-bond acceptors (Lipinski definition) is 5. The summed E-state index contributed by atoms with van der Waals surface area (Å²) in [4.78, 5) is 4.28. The van der Waals surface area contributed by atoms with E-state index in [1.165, 1.54) is 0 Å². The highest BCUT2D eigenvalue weighted by Crippen LogP contribution is 2.19. The second-order valence-electron chi connectivity index (χ2n) is 4.65. The Hall–Kier alpha value is -3.14. The van der Waals surface area contributed by atoms with Crippen molar-refractivity contribution in [3.63, 3.8) is 0 Å². The molecule has 0 atom stereocenters. The normalized spacial score (nSPS) is 10.5. The molecular weight excluding hydrogens is 266 g/mol. The number of nitriles is 1. The lowest BCUT2D eigenvalue weighted by Gasteiger charge is -2.01. The topological polar surface area (TPSA) is 98.3 Å². The summed E-state index contributed by atoms with van der Waals surface area (Å²) in [6.07, 6.45) is 1.57. The Labute approximate surface area is 121 Å². The molecule has 2 aromatic heterocycles. The zero-order valence-electron chi connectivity index (χ0n) is 11.6. The van der Waals surface area contributed by atoms with Crippen LogP contribution in [0.1, 0.15) is 11.3 Å². The van der Waals surface area contributed by atoms with E-state index in [2.05, 4.69) is 21.3 Å². The Morgan fingerprint density at radius 2 is 1.90 bits per heavy atom. The summed E-state index contributed by atoms with van der Waals surface area (Å²) in [6.45, 7) is 1.79. The first-order valence-corrected chi connectivity index (χ1v) is 6.32. The van der Waals surface area contributed by atoms with Gasteiger partial charge in [0.15, 0.2) is 11.6 Å². The lowest BCUT2D eigenvalue weighted by Crippen LogP contribution is -2.05. The van der Waals surface area contributed by atoms with E-state index in [-0.39, 0.29) is 0 Å². The maximum Gasteiger partial charge on any atom is 0.181 e. The van der Waals surface area contributed by atoms with Gasteiger partial charge in [0.2, 0.25) is 0 Å². The van der Waals surface area contributed by atoms with Crippen molar-refractivity contribution in [2.24, 2.45) is 7.05 Å². The van der Waals surface area contributed by atoms with Crippen LogP contribution >= 0.6 is 0 Å². The third kappa shape index (κ3) is 2.12. The Kier molecular flexibility index (Phi) is 2.92. The van der Waals surface area contributed by atoms with Crippen molar-refractivity contribution >= 4 is 5.69 Å². The van der Waals surface area contributed by atoms with E-state index < -0.39 is 0 Å². The number of anilines is 1. The van der Waals surface area contributed by atoms with Gasteiger partial charge in [0.05, 0.1) is 5.69 Å². The van der Waals surface area contributed by atoms with E-state index in [1.54, 1.807) is 41.8 Å². The van der Waals surface area contributed by atoms with E-state index in [9.17, 15) is 5.26 Å². The van der Waals surface area contributed by atoms with Gasteiger partial charge in [-0.25, -0.2) is 14.3 Å². The number of aromatic nitrogens is 5. The van der Waals surface area contributed by atoms with Crippen molar-refractivity contribution in [1.82, 2.24) is 24.5 Å². The molecule has 0 spiro atoms. The molecule has 104 valence electrons. The molecular formula is C14H13N7. The molecule has 2 N–H and O–H groups in total. The number of rotatable bonds is 2. The zero-order valence-corrected chi connectivity index (χ0v) is 11.6. The van der Waals surface area contributed by atoms with Crippen molar-refractivity contribution < 1.29 is 0 Å². The van der Waals surface area contributed by atoms with Gasteiger partial charge in [0, 0.05) is 18.3 Å². The third-order valence-electron chi connectivity index (χ3n) is 3.18. The minimum Gasteiger partial charge on any atom is -0.399 e. The zero-order chi connectivity index (χ0) is 15.0. The molecule has 7 nitrogen and oxygen atoms in total. The highest BCUT2D eigenvalue weighted by atomic mass is 15.4. The molecule has 7 heteroatoms. The highest BCUT2D eigenvalue weighted by molar-refractivity contribution is 5.58. The Bertz CT molecular complexity index is 833. The molecule has 0 fully saturated rings. The fourth-order valence-electron chi connectivity index (χ4n) is 2.17. The summed E-state index contributed by atoms with van der Waals surface area (Å²) < 4.78 is 3.18. The van der Waals surface area contributed by atoms with Crippen molar-refractivity contribution in [3.05, 3.63) is 41.9 Å². The number of nitrogens with zero attached hydrogens (tertiary/aromatic N) is 6. The SMILES string of the molecule is Cc1nn(C)c(-n2cnc(-c3ccc(N)cc3)n2)c1C#N. The smallest absolute Gasteiger partial charge is 0.181 e. The second-order valence-corrected chi connectivity index (χ2v) is 4.65. The molecule has 3 rings (SSSR count). The predicted molar refractivity (Wildman–Crippen MR) is 77.4 cm³/mol. The molecule has 1 aromatic carbocycles. The molecule has 0 aliphatic carbocycles.